The van der Waals surface area contributed by atoms with E-state index in [1.807, 2.05) is 12.3 Å². The molecule has 0 atom stereocenters. The number of hydrogen-bond donors (Lipinski definition) is 1. The smallest absolute Gasteiger partial charge is 0.149 e. The molecule has 0 aliphatic heterocycles. The van der Waals surface area contributed by atoms with Crippen molar-refractivity contribution in [1.82, 2.24) is 14.5 Å². The number of aromatic nitrogens is 3. The molecule has 4 nitrogen and oxygen atoms in total. The van der Waals surface area contributed by atoms with Crippen LogP contribution in [0.5, 0.6) is 5.75 Å². The molecule has 9 rings (SSSR count). The van der Waals surface area contributed by atoms with Crippen molar-refractivity contribution in [3.63, 3.8) is 0 Å². The molecule has 3 aromatic heterocycles. The number of rotatable bonds is 5. The number of pyridine rings is 1. The maximum Gasteiger partial charge on any atom is 0.149 e. The lowest BCUT2D eigenvalue weighted by atomic mass is 9.79. The molecule has 59 heavy (non-hydrogen) atoms. The lowest BCUT2D eigenvalue weighted by Gasteiger charge is -2.28. The molecule has 0 fully saturated rings. The molecule has 0 radical (unpaired) electrons. The fourth-order valence-electron chi connectivity index (χ4n) is 8.24. The van der Waals surface area contributed by atoms with Crippen LogP contribution in [0.4, 0.5) is 0 Å². The van der Waals surface area contributed by atoms with Crippen LogP contribution in [0.1, 0.15) is 79.0 Å². The molecule has 5 heteroatoms. The van der Waals surface area contributed by atoms with E-state index < -0.39 is 0 Å². The van der Waals surface area contributed by atoms with E-state index in [0.717, 1.165) is 83.5 Å². The zero-order valence-corrected chi connectivity index (χ0v) is 36.3. The van der Waals surface area contributed by atoms with Crippen molar-refractivity contribution in [3.8, 4) is 56.3 Å². The van der Waals surface area contributed by atoms with E-state index in [0.29, 0.717) is 0 Å². The van der Waals surface area contributed by atoms with Crippen molar-refractivity contribution in [2.24, 2.45) is 0 Å². The molecule has 0 saturated heterocycles. The molecule has 0 spiro atoms. The van der Waals surface area contributed by atoms with E-state index in [1.165, 1.54) is 15.0 Å². The minimum absolute atomic E-state index is 0.0578. The summed E-state index contributed by atoms with van der Waals surface area (Å²) in [6.45, 7) is 20.0. The summed E-state index contributed by atoms with van der Waals surface area (Å²) in [5.74, 6) is 0.989. The highest BCUT2D eigenvalue weighted by atomic mass is 32.1. The van der Waals surface area contributed by atoms with E-state index in [1.54, 1.807) is 11.3 Å². The van der Waals surface area contributed by atoms with Crippen LogP contribution in [0, 0.1) is 0 Å². The van der Waals surface area contributed by atoms with Crippen molar-refractivity contribution in [2.45, 2.75) is 78.6 Å². The van der Waals surface area contributed by atoms with Gasteiger partial charge in [0.25, 0.3) is 0 Å². The summed E-state index contributed by atoms with van der Waals surface area (Å²) in [5.41, 5.74) is 12.9. The van der Waals surface area contributed by atoms with Crippen LogP contribution in [0.15, 0.2) is 140 Å². The van der Waals surface area contributed by atoms with Gasteiger partial charge in [-0.2, -0.15) is 0 Å². The van der Waals surface area contributed by atoms with Gasteiger partial charge in [-0.25, -0.2) is 4.98 Å². The second kappa shape index (κ2) is 14.1. The van der Waals surface area contributed by atoms with E-state index >= 15 is 0 Å². The zero-order valence-electron chi connectivity index (χ0n) is 35.5. The third-order valence-electron chi connectivity index (χ3n) is 11.6. The highest BCUT2D eigenvalue weighted by molar-refractivity contribution is 7.26. The van der Waals surface area contributed by atoms with Crippen LogP contribution in [-0.4, -0.2) is 19.6 Å². The summed E-state index contributed by atoms with van der Waals surface area (Å²) in [7, 11) is 0. The minimum atomic E-state index is -0.306. The number of hydrogen-bond acceptors (Lipinski definition) is 4. The normalized spacial score (nSPS) is 12.6. The lowest BCUT2D eigenvalue weighted by Crippen LogP contribution is -2.17. The summed E-state index contributed by atoms with van der Waals surface area (Å²) in [5, 5.41) is 14.7. The van der Waals surface area contributed by atoms with Crippen molar-refractivity contribution < 1.29 is 5.11 Å². The standard InChI is InChI=1S/C54H51N3OS/c1-52(2,3)37-21-22-44(39(30-37)34-18-14-11-15-19-34)57-45-23-25-47-48(49(45)56-51(57)41-31-38(53(4,5)6)32-42(50(41)58)54(7,8)9)40-28-36(20-24-46(40)59-47)43-29-35(26-27-55-43)33-16-12-10-13-17-33/h10-32,58H,1-9H3. The van der Waals surface area contributed by atoms with Crippen LogP contribution in [0.25, 0.3) is 81.8 Å². The number of imidazole rings is 1. The molecular weight excluding hydrogens is 739 g/mol. The monoisotopic (exact) mass is 789 g/mol. The number of thiophene rings is 1. The van der Waals surface area contributed by atoms with Gasteiger partial charge in [0.2, 0.25) is 0 Å². The average Bonchev–Trinajstić information content (AvgIpc) is 3.78. The molecule has 0 aliphatic rings. The molecule has 0 aliphatic carbocycles. The second-order valence-electron chi connectivity index (χ2n) is 19.0. The summed E-state index contributed by atoms with van der Waals surface area (Å²) in [4.78, 5) is 10.5. The van der Waals surface area contributed by atoms with Gasteiger partial charge in [0.05, 0.1) is 28.0 Å². The Balaban J connectivity index is 1.38. The third kappa shape index (κ3) is 6.91. The Morgan fingerprint density at radius 2 is 1.20 bits per heavy atom. The highest BCUT2D eigenvalue weighted by Crippen LogP contribution is 2.47. The summed E-state index contributed by atoms with van der Waals surface area (Å²) in [6, 6.07) is 47.7. The van der Waals surface area contributed by atoms with Gasteiger partial charge in [0.15, 0.2) is 0 Å². The lowest BCUT2D eigenvalue weighted by molar-refractivity contribution is 0.446. The van der Waals surface area contributed by atoms with Gasteiger partial charge in [-0.15, -0.1) is 11.3 Å². The van der Waals surface area contributed by atoms with E-state index in [-0.39, 0.29) is 22.0 Å². The topological polar surface area (TPSA) is 50.9 Å². The first-order chi connectivity index (χ1) is 28.1. The molecule has 0 saturated carbocycles. The fraction of sp³-hybridized carbons (Fsp3) is 0.222. The van der Waals surface area contributed by atoms with Gasteiger partial charge >= 0.3 is 0 Å². The first-order valence-electron chi connectivity index (χ1n) is 20.5. The first kappa shape index (κ1) is 38.5. The number of benzene rings is 6. The Morgan fingerprint density at radius 1 is 0.542 bits per heavy atom. The Morgan fingerprint density at radius 3 is 1.88 bits per heavy atom. The fourth-order valence-corrected chi connectivity index (χ4v) is 9.33. The van der Waals surface area contributed by atoms with Gasteiger partial charge in [0, 0.05) is 43.1 Å². The highest BCUT2D eigenvalue weighted by Gasteiger charge is 2.30. The van der Waals surface area contributed by atoms with E-state index in [9.17, 15) is 5.11 Å². The van der Waals surface area contributed by atoms with Gasteiger partial charge in [-0.05, 0) is 98.7 Å². The van der Waals surface area contributed by atoms with E-state index in [2.05, 4.69) is 194 Å². The molecule has 9 aromatic rings. The number of nitrogens with zero attached hydrogens (tertiary/aromatic N) is 3. The van der Waals surface area contributed by atoms with Crippen LogP contribution in [-0.2, 0) is 16.2 Å². The molecule has 3 heterocycles. The molecular formula is C54H51N3OS. The Kier molecular flexibility index (Phi) is 9.17. The Bertz CT molecular complexity index is 3040. The SMILES string of the molecule is CC(C)(C)c1ccc(-n2c(-c3cc(C(C)(C)C)cc(C(C)(C)C)c3O)nc3c4c(ccc32)sc2ccc(-c3cc(-c5ccccc5)ccn3)cc24)c(-c2ccccc2)c1. The number of fused-ring (bicyclic) bond motifs is 5. The number of phenolic OH excluding ortho intramolecular Hbond substituents is 1. The summed E-state index contributed by atoms with van der Waals surface area (Å²) >= 11 is 1.79. The van der Waals surface area contributed by atoms with Gasteiger partial charge in [0.1, 0.15) is 11.6 Å². The Hall–Kier alpha value is -6.04. The first-order valence-corrected chi connectivity index (χ1v) is 21.4. The van der Waals surface area contributed by atoms with Crippen LogP contribution in [0.3, 0.4) is 0 Å². The van der Waals surface area contributed by atoms with Crippen LogP contribution in [0.2, 0.25) is 0 Å². The van der Waals surface area contributed by atoms with Gasteiger partial charge in [-0.3, -0.25) is 9.55 Å². The third-order valence-corrected chi connectivity index (χ3v) is 12.8. The quantitative estimate of drug-likeness (QED) is 0.189. The Labute approximate surface area is 351 Å². The summed E-state index contributed by atoms with van der Waals surface area (Å²) in [6.07, 6.45) is 1.90. The van der Waals surface area contributed by atoms with Crippen molar-refractivity contribution in [1.29, 1.82) is 0 Å². The average molecular weight is 790 g/mol. The number of aromatic hydroxyl groups is 1. The largest absolute Gasteiger partial charge is 0.507 e. The predicted molar refractivity (Wildman–Crippen MR) is 251 cm³/mol. The van der Waals surface area contributed by atoms with Crippen LogP contribution >= 0.6 is 11.3 Å². The van der Waals surface area contributed by atoms with E-state index in [4.69, 9.17) is 9.97 Å². The minimum Gasteiger partial charge on any atom is -0.507 e. The van der Waals surface area contributed by atoms with Gasteiger partial charge in [-0.1, -0.05) is 141 Å². The molecule has 294 valence electrons. The van der Waals surface area contributed by atoms with Crippen molar-refractivity contribution >= 4 is 42.5 Å². The maximum absolute atomic E-state index is 12.5. The molecule has 0 unspecified atom stereocenters. The molecule has 1 N–H and O–H groups in total. The molecule has 6 aromatic carbocycles. The van der Waals surface area contributed by atoms with Crippen LogP contribution < -0.4 is 0 Å². The second-order valence-corrected chi connectivity index (χ2v) is 20.0. The predicted octanol–water partition coefficient (Wildman–Crippen LogP) is 15.1. The number of phenols is 1. The zero-order chi connectivity index (χ0) is 41.4. The summed E-state index contributed by atoms with van der Waals surface area (Å²) < 4.78 is 4.66. The maximum atomic E-state index is 12.5. The van der Waals surface area contributed by atoms with Gasteiger partial charge < -0.3 is 5.11 Å². The van der Waals surface area contributed by atoms with Crippen molar-refractivity contribution in [3.05, 3.63) is 156 Å². The molecule has 0 bridgehead atoms. The van der Waals surface area contributed by atoms with Crippen molar-refractivity contribution in [2.75, 3.05) is 0 Å². The molecule has 0 amide bonds.